The topological polar surface area (TPSA) is 67.9 Å². The summed E-state index contributed by atoms with van der Waals surface area (Å²) in [5, 5.41) is 2.81. The zero-order valence-electron chi connectivity index (χ0n) is 20.6. The van der Waals surface area contributed by atoms with Gasteiger partial charge < -0.3 is 19.7 Å². The highest BCUT2D eigenvalue weighted by atomic mass is 16.6. The van der Waals surface area contributed by atoms with Gasteiger partial charge in [-0.1, -0.05) is 60.7 Å². The van der Waals surface area contributed by atoms with Crippen LogP contribution in [0.3, 0.4) is 0 Å². The molecule has 34 heavy (non-hydrogen) atoms. The maximum atomic E-state index is 13.8. The zero-order valence-corrected chi connectivity index (χ0v) is 20.6. The number of carbonyl (C=O) groups is 2. The van der Waals surface area contributed by atoms with Crippen molar-refractivity contribution in [3.05, 3.63) is 77.9 Å². The normalized spacial score (nSPS) is 16.1. The van der Waals surface area contributed by atoms with E-state index in [0.29, 0.717) is 19.8 Å². The second kappa shape index (κ2) is 11.2. The van der Waals surface area contributed by atoms with E-state index < -0.39 is 17.7 Å². The van der Waals surface area contributed by atoms with E-state index in [1.165, 1.54) is 0 Å². The standard InChI is InChI=1S/C28H34N2O4/c1-6-12-20(7-2)19-33-18-17-30-24-16-11-10-14-22(24)21-13-8-9-15-23(21)25(26(30)31)29-27(32)34-28(3,4)5/h6-16,25H,17-19H2,1-5H3,(H,29,32)/b12-6-,20-7+/t25-/m0/s1. The number of nitrogens with zero attached hydrogens (tertiary/aromatic N) is 1. The lowest BCUT2D eigenvalue weighted by Gasteiger charge is -2.27. The van der Waals surface area contributed by atoms with Gasteiger partial charge in [0.05, 0.1) is 18.9 Å². The fourth-order valence-corrected chi connectivity index (χ4v) is 3.92. The zero-order chi connectivity index (χ0) is 24.7. The average molecular weight is 463 g/mol. The van der Waals surface area contributed by atoms with Crippen LogP contribution in [0.4, 0.5) is 10.5 Å². The largest absolute Gasteiger partial charge is 0.444 e. The number of nitrogens with one attached hydrogen (secondary N) is 1. The molecular formula is C28H34N2O4. The lowest BCUT2D eigenvalue weighted by atomic mass is 9.95. The monoisotopic (exact) mass is 462 g/mol. The van der Waals surface area contributed by atoms with Crippen molar-refractivity contribution in [3.8, 4) is 11.1 Å². The number of benzene rings is 2. The lowest BCUT2D eigenvalue weighted by molar-refractivity contribution is -0.121. The fourth-order valence-electron chi connectivity index (χ4n) is 3.92. The van der Waals surface area contributed by atoms with E-state index in [-0.39, 0.29) is 5.91 Å². The van der Waals surface area contributed by atoms with Crippen LogP contribution in [-0.4, -0.2) is 37.4 Å². The number of anilines is 1. The lowest BCUT2D eigenvalue weighted by Crippen LogP contribution is -2.45. The first-order chi connectivity index (χ1) is 16.2. The molecule has 0 spiro atoms. The first-order valence-electron chi connectivity index (χ1n) is 11.6. The van der Waals surface area contributed by atoms with Crippen molar-refractivity contribution in [2.45, 2.75) is 46.3 Å². The summed E-state index contributed by atoms with van der Waals surface area (Å²) in [5.41, 5.74) is 3.76. The van der Waals surface area contributed by atoms with Crippen LogP contribution in [0.1, 0.15) is 46.2 Å². The molecule has 0 saturated heterocycles. The number of hydrogen-bond donors (Lipinski definition) is 1. The van der Waals surface area contributed by atoms with Gasteiger partial charge in [-0.25, -0.2) is 4.79 Å². The molecule has 0 unspecified atom stereocenters. The van der Waals surface area contributed by atoms with E-state index in [1.54, 1.807) is 25.7 Å². The van der Waals surface area contributed by atoms with E-state index >= 15 is 0 Å². The summed E-state index contributed by atoms with van der Waals surface area (Å²) in [6, 6.07) is 14.6. The second-order valence-electron chi connectivity index (χ2n) is 9.09. The first-order valence-corrected chi connectivity index (χ1v) is 11.6. The first kappa shape index (κ1) is 25.2. The van der Waals surface area contributed by atoms with Crippen LogP contribution in [0.2, 0.25) is 0 Å². The molecule has 180 valence electrons. The second-order valence-corrected chi connectivity index (χ2v) is 9.09. The average Bonchev–Trinajstić information content (AvgIpc) is 2.89. The highest BCUT2D eigenvalue weighted by molar-refractivity contribution is 6.06. The maximum Gasteiger partial charge on any atom is 0.408 e. The molecule has 2 aromatic rings. The number of alkyl carbamates (subject to hydrolysis) is 1. The Balaban J connectivity index is 1.91. The summed E-state index contributed by atoms with van der Waals surface area (Å²) in [6.45, 7) is 10.5. The molecule has 2 amide bonds. The number of rotatable bonds is 7. The highest BCUT2D eigenvalue weighted by Crippen LogP contribution is 2.40. The van der Waals surface area contributed by atoms with Crippen molar-refractivity contribution in [1.82, 2.24) is 5.32 Å². The molecule has 2 aromatic carbocycles. The minimum absolute atomic E-state index is 0.230. The van der Waals surface area contributed by atoms with Crippen LogP contribution in [0.25, 0.3) is 11.1 Å². The predicted octanol–water partition coefficient (Wildman–Crippen LogP) is 5.81. The molecule has 6 nitrogen and oxygen atoms in total. The summed E-state index contributed by atoms with van der Waals surface area (Å²) >= 11 is 0. The molecule has 1 heterocycles. The molecule has 0 bridgehead atoms. The SMILES string of the molecule is C/C=C\C(=C/C)COCCN1C(=O)[C@@H](NC(=O)OC(C)(C)C)c2ccccc2-c2ccccc21. The van der Waals surface area contributed by atoms with Crippen molar-refractivity contribution in [1.29, 1.82) is 0 Å². The molecule has 1 aliphatic heterocycles. The summed E-state index contributed by atoms with van der Waals surface area (Å²) in [5.74, 6) is -0.230. The van der Waals surface area contributed by atoms with Gasteiger partial charge in [-0.2, -0.15) is 0 Å². The number of fused-ring (bicyclic) bond motifs is 3. The molecule has 1 N–H and O–H groups in total. The van der Waals surface area contributed by atoms with Gasteiger partial charge in [0, 0.05) is 12.1 Å². The van der Waals surface area contributed by atoms with Crippen molar-refractivity contribution >= 4 is 17.7 Å². The Morgan fingerprint density at radius 1 is 1.06 bits per heavy atom. The summed E-state index contributed by atoms with van der Waals surface area (Å²) in [4.78, 5) is 28.2. The van der Waals surface area contributed by atoms with E-state index in [1.807, 2.05) is 80.6 Å². The number of hydrogen-bond acceptors (Lipinski definition) is 4. The number of para-hydroxylation sites is 1. The van der Waals surface area contributed by atoms with Gasteiger partial charge >= 0.3 is 6.09 Å². The summed E-state index contributed by atoms with van der Waals surface area (Å²) in [7, 11) is 0. The van der Waals surface area contributed by atoms with E-state index in [2.05, 4.69) is 5.32 Å². The maximum absolute atomic E-state index is 13.8. The van der Waals surface area contributed by atoms with Crippen LogP contribution in [0, 0.1) is 0 Å². The van der Waals surface area contributed by atoms with Crippen molar-refractivity contribution in [3.63, 3.8) is 0 Å². The van der Waals surface area contributed by atoms with Crippen LogP contribution in [0.15, 0.2) is 72.3 Å². The molecule has 6 heteroatoms. The Morgan fingerprint density at radius 3 is 2.41 bits per heavy atom. The van der Waals surface area contributed by atoms with Crippen molar-refractivity contribution in [2.75, 3.05) is 24.7 Å². The fraction of sp³-hybridized carbons (Fsp3) is 0.357. The summed E-state index contributed by atoms with van der Waals surface area (Å²) < 4.78 is 11.3. The Labute approximate surface area is 202 Å². The number of carbonyl (C=O) groups excluding carboxylic acids is 2. The van der Waals surface area contributed by atoms with Gasteiger partial charge in [0.15, 0.2) is 0 Å². The van der Waals surface area contributed by atoms with Crippen molar-refractivity contribution < 1.29 is 19.1 Å². The molecule has 0 saturated carbocycles. The van der Waals surface area contributed by atoms with Crippen LogP contribution >= 0.6 is 0 Å². The molecule has 0 aromatic heterocycles. The molecular weight excluding hydrogens is 428 g/mol. The highest BCUT2D eigenvalue weighted by Gasteiger charge is 2.35. The van der Waals surface area contributed by atoms with Gasteiger partial charge in [0.2, 0.25) is 0 Å². The Hall–Kier alpha value is -3.38. The van der Waals surface area contributed by atoms with E-state index in [9.17, 15) is 9.59 Å². The predicted molar refractivity (Wildman–Crippen MR) is 136 cm³/mol. The quantitative estimate of drug-likeness (QED) is 0.417. The van der Waals surface area contributed by atoms with Crippen LogP contribution < -0.4 is 10.2 Å². The molecule has 0 radical (unpaired) electrons. The van der Waals surface area contributed by atoms with Gasteiger partial charge in [-0.3, -0.25) is 4.79 Å². The van der Waals surface area contributed by atoms with Gasteiger partial charge in [0.25, 0.3) is 5.91 Å². The van der Waals surface area contributed by atoms with E-state index in [0.717, 1.165) is 28.0 Å². The Kier molecular flexibility index (Phi) is 8.29. The van der Waals surface area contributed by atoms with Gasteiger partial charge in [0.1, 0.15) is 11.6 Å². The molecule has 0 fully saturated rings. The van der Waals surface area contributed by atoms with Crippen molar-refractivity contribution in [2.24, 2.45) is 0 Å². The third-order valence-electron chi connectivity index (χ3n) is 5.41. The molecule has 1 atom stereocenters. The summed E-state index contributed by atoms with van der Waals surface area (Å²) in [6.07, 6.45) is 5.34. The molecule has 1 aliphatic rings. The van der Waals surface area contributed by atoms with Crippen LogP contribution in [0.5, 0.6) is 0 Å². The minimum atomic E-state index is -0.882. The van der Waals surface area contributed by atoms with Crippen LogP contribution in [-0.2, 0) is 14.3 Å². The third-order valence-corrected chi connectivity index (χ3v) is 5.41. The third kappa shape index (κ3) is 6.14. The number of allylic oxidation sites excluding steroid dienone is 2. The molecule has 0 aliphatic carbocycles. The van der Waals surface area contributed by atoms with Gasteiger partial charge in [-0.15, -0.1) is 0 Å². The molecule has 3 rings (SSSR count). The Morgan fingerprint density at radius 2 is 1.74 bits per heavy atom. The van der Waals surface area contributed by atoms with Gasteiger partial charge in [-0.05, 0) is 57.4 Å². The Bertz CT molecular complexity index is 1080. The number of ether oxygens (including phenoxy) is 2. The number of amides is 2. The minimum Gasteiger partial charge on any atom is -0.444 e. The smallest absolute Gasteiger partial charge is 0.408 e. The van der Waals surface area contributed by atoms with E-state index in [4.69, 9.17) is 9.47 Å².